The van der Waals surface area contributed by atoms with Crippen molar-refractivity contribution in [2.45, 2.75) is 31.7 Å². The van der Waals surface area contributed by atoms with E-state index in [-0.39, 0.29) is 18.0 Å². The quantitative estimate of drug-likeness (QED) is 0.757. The van der Waals surface area contributed by atoms with E-state index < -0.39 is 0 Å². The monoisotopic (exact) mass is 348 g/mol. The van der Waals surface area contributed by atoms with Crippen LogP contribution in [0.4, 0.5) is 4.79 Å². The van der Waals surface area contributed by atoms with E-state index in [9.17, 15) is 9.59 Å². The Balaban J connectivity index is 1.37. The molecule has 1 aliphatic carbocycles. The van der Waals surface area contributed by atoms with Gasteiger partial charge in [-0.05, 0) is 37.5 Å². The number of amides is 3. The zero-order valence-corrected chi connectivity index (χ0v) is 15.4. The Morgan fingerprint density at radius 3 is 2.52 bits per heavy atom. The topological polar surface area (TPSA) is 84.3 Å². The van der Waals surface area contributed by atoms with E-state index in [2.05, 4.69) is 11.4 Å². The molecule has 2 aliphatic heterocycles. The Hall–Kier alpha value is -1.81. The number of rotatable bonds is 4. The van der Waals surface area contributed by atoms with Crippen LogP contribution < -0.4 is 5.32 Å². The van der Waals surface area contributed by atoms with Gasteiger partial charge in [-0.3, -0.25) is 4.79 Å². The second-order valence-electron chi connectivity index (χ2n) is 8.04. The molecule has 7 nitrogen and oxygen atoms in total. The summed E-state index contributed by atoms with van der Waals surface area (Å²) in [5.74, 6) is 1.99. The van der Waals surface area contributed by atoms with Crippen LogP contribution in [0.2, 0.25) is 0 Å². The maximum absolute atomic E-state index is 12.3. The molecule has 138 valence electrons. The van der Waals surface area contributed by atoms with Crippen molar-refractivity contribution in [3.05, 3.63) is 0 Å². The minimum atomic E-state index is -0.216. The lowest BCUT2D eigenvalue weighted by molar-refractivity contribution is -0.650. The highest BCUT2D eigenvalue weighted by Gasteiger charge is 2.43. The van der Waals surface area contributed by atoms with Crippen LogP contribution in [-0.2, 0) is 4.79 Å². The molecule has 3 aliphatic rings. The zero-order valence-electron chi connectivity index (χ0n) is 15.4. The minimum absolute atomic E-state index is 0.102. The smallest absolute Gasteiger partial charge is 0.319 e. The summed E-state index contributed by atoms with van der Waals surface area (Å²) in [4.78, 5) is 29.7. The molecule has 0 aromatic heterocycles. The molecule has 0 aromatic rings. The number of quaternary nitrogens is 1. The molecule has 1 saturated carbocycles. The van der Waals surface area contributed by atoms with Crippen LogP contribution in [0.5, 0.6) is 0 Å². The predicted octanol–water partition coefficient (Wildman–Crippen LogP) is -0.296. The van der Waals surface area contributed by atoms with Crippen molar-refractivity contribution in [2.24, 2.45) is 17.8 Å². The second-order valence-corrected chi connectivity index (χ2v) is 8.04. The van der Waals surface area contributed by atoms with Crippen LogP contribution in [-0.4, -0.2) is 79.5 Å². The van der Waals surface area contributed by atoms with Crippen molar-refractivity contribution < 1.29 is 14.9 Å². The molecule has 3 fully saturated rings. The molecule has 25 heavy (non-hydrogen) atoms. The Morgan fingerprint density at radius 1 is 1.24 bits per heavy atom. The second kappa shape index (κ2) is 7.61. The van der Waals surface area contributed by atoms with Crippen LogP contribution in [0, 0.1) is 29.1 Å². The SMILES string of the molecule is CN(C)C(=O)N1CC2CC(C[NH2+]CC(=O)N3CCCC3C#N)CC2C1. The van der Waals surface area contributed by atoms with Gasteiger partial charge in [-0.15, -0.1) is 0 Å². The largest absolute Gasteiger partial charge is 0.338 e. The van der Waals surface area contributed by atoms with Crippen LogP contribution in [0.15, 0.2) is 0 Å². The number of nitrogens with two attached hydrogens (primary N) is 1. The summed E-state index contributed by atoms with van der Waals surface area (Å²) in [6.45, 7) is 3.93. The summed E-state index contributed by atoms with van der Waals surface area (Å²) in [6.07, 6.45) is 4.09. The fraction of sp³-hybridized carbons (Fsp3) is 0.833. The number of likely N-dealkylation sites (tertiary alicyclic amines) is 2. The van der Waals surface area contributed by atoms with Crippen molar-refractivity contribution in [2.75, 3.05) is 46.8 Å². The third kappa shape index (κ3) is 3.90. The molecule has 2 saturated heterocycles. The first-order valence-electron chi connectivity index (χ1n) is 9.46. The predicted molar refractivity (Wildman–Crippen MR) is 92.4 cm³/mol. The normalized spacial score (nSPS) is 31.1. The van der Waals surface area contributed by atoms with E-state index in [1.807, 2.05) is 19.0 Å². The lowest BCUT2D eigenvalue weighted by atomic mass is 10.0. The third-order valence-electron chi connectivity index (χ3n) is 6.04. The molecule has 0 spiro atoms. The molecule has 2 N–H and O–H groups in total. The minimum Gasteiger partial charge on any atom is -0.338 e. The van der Waals surface area contributed by atoms with Gasteiger partial charge in [0, 0.05) is 39.6 Å². The van der Waals surface area contributed by atoms with Crippen LogP contribution in [0.1, 0.15) is 25.7 Å². The molecule has 7 heteroatoms. The standard InChI is InChI=1S/C18H29N5O2/c1-21(2)18(25)22-11-14-6-13(7-15(14)12-22)9-20-10-17(24)23-5-3-4-16(23)8-19/h13-16,20H,3-7,9-12H2,1-2H3/p+1. The zero-order chi connectivity index (χ0) is 18.0. The highest BCUT2D eigenvalue weighted by atomic mass is 16.2. The van der Waals surface area contributed by atoms with Gasteiger partial charge in [0.25, 0.3) is 5.91 Å². The van der Waals surface area contributed by atoms with E-state index in [0.717, 1.165) is 51.9 Å². The molecule has 3 amide bonds. The van der Waals surface area contributed by atoms with Crippen LogP contribution >= 0.6 is 0 Å². The van der Waals surface area contributed by atoms with Gasteiger partial charge in [0.1, 0.15) is 6.04 Å². The summed E-state index contributed by atoms with van der Waals surface area (Å²) in [7, 11) is 3.62. The van der Waals surface area contributed by atoms with E-state index in [0.29, 0.717) is 24.3 Å². The van der Waals surface area contributed by atoms with E-state index in [4.69, 9.17) is 5.26 Å². The Morgan fingerprint density at radius 2 is 1.92 bits per heavy atom. The van der Waals surface area contributed by atoms with Gasteiger partial charge in [0.2, 0.25) is 0 Å². The van der Waals surface area contributed by atoms with Gasteiger partial charge in [0.05, 0.1) is 12.6 Å². The summed E-state index contributed by atoms with van der Waals surface area (Å²) in [5.41, 5.74) is 0. The van der Waals surface area contributed by atoms with Gasteiger partial charge in [-0.2, -0.15) is 5.26 Å². The van der Waals surface area contributed by atoms with Crippen molar-refractivity contribution >= 4 is 11.9 Å². The number of hydrogen-bond acceptors (Lipinski definition) is 3. The fourth-order valence-electron chi connectivity index (χ4n) is 4.82. The summed E-state index contributed by atoms with van der Waals surface area (Å²) < 4.78 is 0. The van der Waals surface area contributed by atoms with Crippen LogP contribution in [0.3, 0.4) is 0 Å². The number of nitrogens with zero attached hydrogens (tertiary/aromatic N) is 4. The van der Waals surface area contributed by atoms with Gasteiger partial charge in [0.15, 0.2) is 6.54 Å². The molecule has 2 heterocycles. The van der Waals surface area contributed by atoms with Gasteiger partial charge in [-0.1, -0.05) is 0 Å². The molecule has 0 aromatic carbocycles. The number of carbonyl (C=O) groups is 2. The first-order valence-corrected chi connectivity index (χ1v) is 9.46. The van der Waals surface area contributed by atoms with Crippen molar-refractivity contribution in [1.82, 2.24) is 14.7 Å². The maximum Gasteiger partial charge on any atom is 0.319 e. The average molecular weight is 348 g/mol. The number of hydrogen-bond donors (Lipinski definition) is 1. The molecular formula is C18H30N5O2+. The molecule has 3 rings (SSSR count). The first kappa shape index (κ1) is 18.0. The summed E-state index contributed by atoms with van der Waals surface area (Å²) in [6, 6.07) is 2.14. The number of fused-ring (bicyclic) bond motifs is 1. The lowest BCUT2D eigenvalue weighted by Gasteiger charge is -2.23. The lowest BCUT2D eigenvalue weighted by Crippen LogP contribution is -2.87. The number of nitriles is 1. The summed E-state index contributed by atoms with van der Waals surface area (Å²) in [5, 5.41) is 11.2. The van der Waals surface area contributed by atoms with Crippen molar-refractivity contribution in [1.29, 1.82) is 5.26 Å². The molecule has 0 bridgehead atoms. The maximum atomic E-state index is 12.3. The van der Waals surface area contributed by atoms with E-state index in [1.165, 1.54) is 0 Å². The van der Waals surface area contributed by atoms with Gasteiger partial charge in [-0.25, -0.2) is 4.79 Å². The van der Waals surface area contributed by atoms with Gasteiger partial charge >= 0.3 is 6.03 Å². The highest BCUT2D eigenvalue weighted by Crippen LogP contribution is 2.41. The molecule has 3 atom stereocenters. The number of urea groups is 1. The van der Waals surface area contributed by atoms with E-state index >= 15 is 0 Å². The molecule has 3 unspecified atom stereocenters. The highest BCUT2D eigenvalue weighted by molar-refractivity contribution is 5.78. The Labute approximate surface area is 149 Å². The van der Waals surface area contributed by atoms with E-state index in [1.54, 1.807) is 9.80 Å². The Kier molecular flexibility index (Phi) is 5.48. The Bertz CT molecular complexity index is 544. The van der Waals surface area contributed by atoms with Gasteiger partial charge < -0.3 is 20.0 Å². The number of carbonyl (C=O) groups excluding carboxylic acids is 2. The van der Waals surface area contributed by atoms with Crippen LogP contribution in [0.25, 0.3) is 0 Å². The van der Waals surface area contributed by atoms with Crippen molar-refractivity contribution in [3.63, 3.8) is 0 Å². The third-order valence-corrected chi connectivity index (χ3v) is 6.04. The first-order chi connectivity index (χ1) is 12.0. The molecule has 0 radical (unpaired) electrons. The summed E-state index contributed by atoms with van der Waals surface area (Å²) >= 11 is 0. The fourth-order valence-corrected chi connectivity index (χ4v) is 4.82. The average Bonchev–Trinajstić information content (AvgIpc) is 3.27. The van der Waals surface area contributed by atoms with Crippen molar-refractivity contribution in [3.8, 4) is 6.07 Å². The molecular weight excluding hydrogens is 318 g/mol.